The lowest BCUT2D eigenvalue weighted by Gasteiger charge is -2.28. The Kier molecular flexibility index (Phi) is 2.98. The maximum atomic E-state index is 12.5. The first-order valence-corrected chi connectivity index (χ1v) is 8.14. The Bertz CT molecular complexity index is 580. The number of hydrogen-bond donors (Lipinski definition) is 1. The lowest BCUT2D eigenvalue weighted by atomic mass is 9.84. The smallest absolute Gasteiger partial charge is 0.272 e. The molecule has 1 aromatic heterocycles. The van der Waals surface area contributed by atoms with Crippen molar-refractivity contribution in [3.8, 4) is 5.88 Å². The summed E-state index contributed by atoms with van der Waals surface area (Å²) in [6.07, 6.45) is 5.40. The van der Waals surface area contributed by atoms with Crippen LogP contribution in [0.2, 0.25) is 0 Å². The van der Waals surface area contributed by atoms with Crippen molar-refractivity contribution in [3.05, 3.63) is 11.3 Å². The number of carbonyl (C=O) groups excluding carboxylic acids is 1. The molecule has 4 atom stereocenters. The molecule has 0 radical (unpaired) electrons. The third-order valence-electron chi connectivity index (χ3n) is 5.68. The van der Waals surface area contributed by atoms with Crippen molar-refractivity contribution in [1.82, 2.24) is 15.1 Å². The number of amides is 1. The molecule has 0 saturated heterocycles. The van der Waals surface area contributed by atoms with Crippen LogP contribution in [0.4, 0.5) is 0 Å². The van der Waals surface area contributed by atoms with Gasteiger partial charge in [0.15, 0.2) is 5.69 Å². The maximum Gasteiger partial charge on any atom is 0.272 e. The van der Waals surface area contributed by atoms with Crippen LogP contribution < -0.4 is 10.1 Å². The topological polar surface area (TPSA) is 56.2 Å². The van der Waals surface area contributed by atoms with Crippen LogP contribution >= 0.6 is 0 Å². The van der Waals surface area contributed by atoms with Crippen molar-refractivity contribution in [1.29, 1.82) is 0 Å². The highest BCUT2D eigenvalue weighted by molar-refractivity contribution is 5.94. The summed E-state index contributed by atoms with van der Waals surface area (Å²) < 4.78 is 7.32. The molecule has 2 bridgehead atoms. The summed E-state index contributed by atoms with van der Waals surface area (Å²) in [5, 5.41) is 7.58. The molecule has 2 aliphatic carbocycles. The predicted molar refractivity (Wildman–Crippen MR) is 78.3 cm³/mol. The lowest BCUT2D eigenvalue weighted by molar-refractivity contribution is 0.0908. The molecule has 0 aromatic carbocycles. The zero-order valence-corrected chi connectivity index (χ0v) is 12.8. The summed E-state index contributed by atoms with van der Waals surface area (Å²) in [6.45, 7) is 5.47. The number of ether oxygens (including phenoxy) is 1. The van der Waals surface area contributed by atoms with Gasteiger partial charge in [-0.05, 0) is 50.9 Å². The SMILES string of the molecule is Cc1c(C(=O)NC(C)C2CC3CCC2C3)nn2c1OCC2. The second-order valence-corrected chi connectivity index (χ2v) is 6.95. The summed E-state index contributed by atoms with van der Waals surface area (Å²) in [5.74, 6) is 3.09. The molecule has 1 amide bonds. The minimum Gasteiger partial charge on any atom is -0.476 e. The van der Waals surface area contributed by atoms with Crippen molar-refractivity contribution >= 4 is 5.91 Å². The summed E-state index contributed by atoms with van der Waals surface area (Å²) in [6, 6.07) is 0.240. The fourth-order valence-electron chi connectivity index (χ4n) is 4.60. The normalized spacial score (nSPS) is 31.0. The zero-order chi connectivity index (χ0) is 14.6. The molecule has 2 fully saturated rings. The van der Waals surface area contributed by atoms with E-state index in [4.69, 9.17) is 4.74 Å². The van der Waals surface area contributed by atoms with Crippen molar-refractivity contribution in [3.63, 3.8) is 0 Å². The van der Waals surface area contributed by atoms with Crippen LogP contribution in [-0.2, 0) is 6.54 Å². The zero-order valence-electron chi connectivity index (χ0n) is 12.8. The molecule has 2 saturated carbocycles. The van der Waals surface area contributed by atoms with Crippen LogP contribution in [0.1, 0.15) is 48.7 Å². The van der Waals surface area contributed by atoms with Crippen molar-refractivity contribution in [2.45, 2.75) is 52.1 Å². The number of rotatable bonds is 3. The quantitative estimate of drug-likeness (QED) is 0.927. The number of hydrogen-bond acceptors (Lipinski definition) is 3. The molecular formula is C16H23N3O2. The highest BCUT2D eigenvalue weighted by Gasteiger charge is 2.42. The molecule has 21 heavy (non-hydrogen) atoms. The van der Waals surface area contributed by atoms with Gasteiger partial charge in [0.2, 0.25) is 5.88 Å². The number of nitrogens with one attached hydrogen (secondary N) is 1. The first-order chi connectivity index (χ1) is 10.1. The van der Waals surface area contributed by atoms with Gasteiger partial charge in [-0.2, -0.15) is 5.10 Å². The Morgan fingerprint density at radius 2 is 2.29 bits per heavy atom. The molecule has 5 heteroatoms. The maximum absolute atomic E-state index is 12.5. The molecule has 1 aliphatic heterocycles. The Morgan fingerprint density at radius 3 is 2.95 bits per heavy atom. The molecule has 1 aromatic rings. The Hall–Kier alpha value is -1.52. The van der Waals surface area contributed by atoms with E-state index in [2.05, 4.69) is 17.3 Å². The average molecular weight is 289 g/mol. The predicted octanol–water partition coefficient (Wildman–Crippen LogP) is 2.14. The van der Waals surface area contributed by atoms with Crippen LogP contribution in [0.25, 0.3) is 0 Å². The van der Waals surface area contributed by atoms with E-state index >= 15 is 0 Å². The highest BCUT2D eigenvalue weighted by atomic mass is 16.5. The van der Waals surface area contributed by atoms with Gasteiger partial charge in [0, 0.05) is 11.6 Å². The minimum absolute atomic E-state index is 0.0479. The van der Waals surface area contributed by atoms with E-state index in [0.29, 0.717) is 18.2 Å². The lowest BCUT2D eigenvalue weighted by Crippen LogP contribution is -2.40. The molecule has 4 unspecified atom stereocenters. The summed E-state index contributed by atoms with van der Waals surface area (Å²) in [7, 11) is 0. The van der Waals surface area contributed by atoms with E-state index in [9.17, 15) is 4.79 Å². The molecular weight excluding hydrogens is 266 g/mol. The summed E-state index contributed by atoms with van der Waals surface area (Å²) in [5.41, 5.74) is 1.39. The summed E-state index contributed by atoms with van der Waals surface area (Å²) in [4.78, 5) is 12.5. The van der Waals surface area contributed by atoms with Crippen LogP contribution in [0.3, 0.4) is 0 Å². The molecule has 0 spiro atoms. The van der Waals surface area contributed by atoms with Gasteiger partial charge >= 0.3 is 0 Å². The fraction of sp³-hybridized carbons (Fsp3) is 0.750. The van der Waals surface area contributed by atoms with Gasteiger partial charge in [-0.25, -0.2) is 4.68 Å². The molecule has 5 nitrogen and oxygen atoms in total. The van der Waals surface area contributed by atoms with Crippen molar-refractivity contribution < 1.29 is 9.53 Å². The van der Waals surface area contributed by atoms with Gasteiger partial charge in [0.25, 0.3) is 5.91 Å². The molecule has 114 valence electrons. The van der Waals surface area contributed by atoms with Crippen LogP contribution in [0.15, 0.2) is 0 Å². The van der Waals surface area contributed by atoms with E-state index in [1.807, 2.05) is 6.92 Å². The third-order valence-corrected chi connectivity index (χ3v) is 5.68. The van der Waals surface area contributed by atoms with Gasteiger partial charge < -0.3 is 10.1 Å². The molecule has 1 N–H and O–H groups in total. The number of aromatic nitrogens is 2. The first-order valence-electron chi connectivity index (χ1n) is 8.14. The second-order valence-electron chi connectivity index (χ2n) is 6.95. The van der Waals surface area contributed by atoms with E-state index < -0.39 is 0 Å². The second kappa shape index (κ2) is 4.75. The first kappa shape index (κ1) is 13.2. The van der Waals surface area contributed by atoms with E-state index in [1.165, 1.54) is 25.7 Å². The van der Waals surface area contributed by atoms with Crippen LogP contribution in [-0.4, -0.2) is 28.3 Å². The van der Waals surface area contributed by atoms with Crippen LogP contribution in [0.5, 0.6) is 5.88 Å². The van der Waals surface area contributed by atoms with Gasteiger partial charge in [0.1, 0.15) is 6.61 Å². The molecule has 3 aliphatic rings. The molecule has 4 rings (SSSR count). The number of fused-ring (bicyclic) bond motifs is 3. The Balaban J connectivity index is 1.46. The van der Waals surface area contributed by atoms with Gasteiger partial charge in [-0.3, -0.25) is 4.79 Å². The minimum atomic E-state index is -0.0479. The Labute approximate surface area is 125 Å². The van der Waals surface area contributed by atoms with Crippen molar-refractivity contribution in [2.24, 2.45) is 17.8 Å². The van der Waals surface area contributed by atoms with E-state index in [0.717, 1.165) is 29.8 Å². The number of carbonyl (C=O) groups is 1. The third kappa shape index (κ3) is 2.05. The highest BCUT2D eigenvalue weighted by Crippen LogP contribution is 2.49. The van der Waals surface area contributed by atoms with Gasteiger partial charge in [-0.1, -0.05) is 6.42 Å². The average Bonchev–Trinajstić information content (AvgIpc) is 3.20. The van der Waals surface area contributed by atoms with Gasteiger partial charge in [0.05, 0.1) is 6.54 Å². The summed E-state index contributed by atoms with van der Waals surface area (Å²) >= 11 is 0. The fourth-order valence-corrected chi connectivity index (χ4v) is 4.60. The van der Waals surface area contributed by atoms with Gasteiger partial charge in [-0.15, -0.1) is 0 Å². The van der Waals surface area contributed by atoms with Crippen LogP contribution in [0, 0.1) is 24.7 Å². The molecule has 2 heterocycles. The monoisotopic (exact) mass is 289 g/mol. The standard InChI is InChI=1S/C16H23N3O2/c1-9-14(18-19-5-6-21-16(9)19)15(20)17-10(2)13-8-11-3-4-12(13)7-11/h10-13H,3-8H2,1-2H3,(H,17,20). The largest absolute Gasteiger partial charge is 0.476 e. The van der Waals surface area contributed by atoms with E-state index in [1.54, 1.807) is 4.68 Å². The Morgan fingerprint density at radius 1 is 1.43 bits per heavy atom. The number of nitrogens with zero attached hydrogens (tertiary/aromatic N) is 2. The van der Waals surface area contributed by atoms with Crippen molar-refractivity contribution in [2.75, 3.05) is 6.61 Å². The van der Waals surface area contributed by atoms with E-state index in [-0.39, 0.29) is 11.9 Å².